The van der Waals surface area contributed by atoms with E-state index in [1.54, 1.807) is 11.3 Å². The number of carbonyl (C=O) groups excluding carboxylic acids is 1. The van der Waals surface area contributed by atoms with Gasteiger partial charge < -0.3 is 14.4 Å². The van der Waals surface area contributed by atoms with E-state index >= 15 is 0 Å². The fraction of sp³-hybridized carbons (Fsp3) is 0.650. The van der Waals surface area contributed by atoms with Crippen LogP contribution in [0.5, 0.6) is 0 Å². The van der Waals surface area contributed by atoms with Crippen LogP contribution >= 0.6 is 11.3 Å². The van der Waals surface area contributed by atoms with E-state index < -0.39 is 5.97 Å². The molecule has 0 fully saturated rings. The van der Waals surface area contributed by atoms with Crippen LogP contribution in [0.25, 0.3) is 10.2 Å². The predicted molar refractivity (Wildman–Crippen MR) is 110 cm³/mol. The third kappa shape index (κ3) is 4.79. The molecule has 8 heteroatoms. The number of aryl methyl sites for hydroxylation is 2. The average Bonchev–Trinajstić information content (AvgIpc) is 3.02. The molecular weight excluding hydrogens is 378 g/mol. The van der Waals surface area contributed by atoms with Gasteiger partial charge in [0.05, 0.1) is 18.5 Å². The van der Waals surface area contributed by atoms with Crippen molar-refractivity contribution in [1.82, 2.24) is 14.5 Å². The normalized spacial score (nSPS) is 13.9. The molecule has 0 N–H and O–H groups in total. The Morgan fingerprint density at radius 3 is 2.75 bits per heavy atom. The maximum Gasteiger partial charge on any atom is 0.326 e. The second-order valence-corrected chi connectivity index (χ2v) is 8.46. The zero-order chi connectivity index (χ0) is 20.1. The van der Waals surface area contributed by atoms with E-state index in [4.69, 9.17) is 14.5 Å². The summed E-state index contributed by atoms with van der Waals surface area (Å²) in [7, 11) is 3.84. The Hall–Kier alpha value is -1.77. The lowest BCUT2D eigenvalue weighted by Gasteiger charge is -2.16. The van der Waals surface area contributed by atoms with Crippen LogP contribution in [0.1, 0.15) is 42.5 Å². The fourth-order valence-corrected chi connectivity index (χ4v) is 4.75. The van der Waals surface area contributed by atoms with Gasteiger partial charge in [-0.15, -0.1) is 11.3 Å². The molecule has 3 rings (SSSR count). The lowest BCUT2D eigenvalue weighted by atomic mass is 9.97. The van der Waals surface area contributed by atoms with E-state index in [1.165, 1.54) is 9.44 Å². The highest BCUT2D eigenvalue weighted by molar-refractivity contribution is 7.18. The first kappa shape index (κ1) is 21.0. The van der Waals surface area contributed by atoms with Gasteiger partial charge in [-0.05, 0) is 51.8 Å². The summed E-state index contributed by atoms with van der Waals surface area (Å²) >= 11 is 1.63. The number of hydrogen-bond donors (Lipinski definition) is 0. The molecule has 2 aromatic heterocycles. The molecule has 0 aliphatic heterocycles. The molecular formula is C20H29N3O4S. The van der Waals surface area contributed by atoms with E-state index in [0.717, 1.165) is 42.5 Å². The number of rotatable bonds is 9. The SMILES string of the molecule is CCCOCCOC(=O)Cn1c(CN(C)C)nc2sc3c(c2c1=O)CCCC3. The number of hydrogen-bond acceptors (Lipinski definition) is 7. The summed E-state index contributed by atoms with van der Waals surface area (Å²) in [5.41, 5.74) is 1.01. The van der Waals surface area contributed by atoms with Crippen molar-refractivity contribution < 1.29 is 14.3 Å². The number of ether oxygens (including phenoxy) is 2. The van der Waals surface area contributed by atoms with Gasteiger partial charge in [-0.1, -0.05) is 6.92 Å². The molecule has 0 aromatic carbocycles. The van der Waals surface area contributed by atoms with E-state index in [-0.39, 0.29) is 18.7 Å². The number of thiophene rings is 1. The zero-order valence-electron chi connectivity index (χ0n) is 17.0. The topological polar surface area (TPSA) is 73.7 Å². The van der Waals surface area contributed by atoms with E-state index in [0.29, 0.717) is 31.0 Å². The number of aromatic nitrogens is 2. The smallest absolute Gasteiger partial charge is 0.326 e. The number of fused-ring (bicyclic) bond motifs is 3. The van der Waals surface area contributed by atoms with Gasteiger partial charge in [0, 0.05) is 11.5 Å². The van der Waals surface area contributed by atoms with Gasteiger partial charge >= 0.3 is 5.97 Å². The fourth-order valence-electron chi connectivity index (χ4n) is 3.48. The van der Waals surface area contributed by atoms with Crippen molar-refractivity contribution in [1.29, 1.82) is 0 Å². The summed E-state index contributed by atoms with van der Waals surface area (Å²) in [6.45, 7) is 3.60. The molecule has 28 heavy (non-hydrogen) atoms. The first-order chi connectivity index (χ1) is 13.5. The maximum absolute atomic E-state index is 13.3. The van der Waals surface area contributed by atoms with Crippen LogP contribution in [-0.2, 0) is 40.2 Å². The quantitative estimate of drug-likeness (QED) is 0.469. The Morgan fingerprint density at radius 2 is 2.00 bits per heavy atom. The lowest BCUT2D eigenvalue weighted by molar-refractivity contribution is -0.146. The molecule has 0 atom stereocenters. The lowest BCUT2D eigenvalue weighted by Crippen LogP contribution is -2.32. The van der Waals surface area contributed by atoms with Crippen LogP contribution in [0.4, 0.5) is 0 Å². The van der Waals surface area contributed by atoms with Crippen LogP contribution in [0.3, 0.4) is 0 Å². The van der Waals surface area contributed by atoms with Crippen molar-refractivity contribution in [2.24, 2.45) is 0 Å². The van der Waals surface area contributed by atoms with Gasteiger partial charge in [-0.25, -0.2) is 4.98 Å². The van der Waals surface area contributed by atoms with Gasteiger partial charge in [-0.3, -0.25) is 14.2 Å². The van der Waals surface area contributed by atoms with Crippen molar-refractivity contribution >= 4 is 27.5 Å². The summed E-state index contributed by atoms with van der Waals surface area (Å²) in [5, 5.41) is 0.696. The Kier molecular flexibility index (Phi) is 7.20. The molecule has 1 aliphatic rings. The van der Waals surface area contributed by atoms with Gasteiger partial charge in [0.15, 0.2) is 0 Å². The summed E-state index contributed by atoms with van der Waals surface area (Å²) in [5.74, 6) is 0.160. The maximum atomic E-state index is 13.3. The molecule has 0 spiro atoms. The van der Waals surface area contributed by atoms with Gasteiger partial charge in [0.1, 0.15) is 23.8 Å². The molecule has 2 heterocycles. The summed E-state index contributed by atoms with van der Waals surface area (Å²) in [6, 6.07) is 0. The van der Waals surface area contributed by atoms with E-state index in [1.807, 2.05) is 25.9 Å². The summed E-state index contributed by atoms with van der Waals surface area (Å²) < 4.78 is 12.1. The highest BCUT2D eigenvalue weighted by Gasteiger charge is 2.23. The molecule has 2 aromatic rings. The van der Waals surface area contributed by atoms with Crippen molar-refractivity contribution in [3.8, 4) is 0 Å². The highest BCUT2D eigenvalue weighted by Crippen LogP contribution is 2.33. The van der Waals surface area contributed by atoms with Gasteiger partial charge in [0.25, 0.3) is 5.56 Å². The number of esters is 1. The minimum Gasteiger partial charge on any atom is -0.462 e. The first-order valence-electron chi connectivity index (χ1n) is 9.93. The molecule has 0 bridgehead atoms. The molecule has 0 radical (unpaired) electrons. The molecule has 0 saturated carbocycles. The van der Waals surface area contributed by atoms with Crippen molar-refractivity contribution in [2.45, 2.75) is 52.1 Å². The molecule has 1 aliphatic carbocycles. The predicted octanol–water partition coefficient (Wildman–Crippen LogP) is 2.37. The number of carbonyl (C=O) groups is 1. The van der Waals surface area contributed by atoms with E-state index in [2.05, 4.69) is 0 Å². The molecule has 0 unspecified atom stereocenters. The third-order valence-corrected chi connectivity index (χ3v) is 5.92. The standard InChI is InChI=1S/C20H29N3O4S/c1-4-9-26-10-11-27-17(24)13-23-16(12-22(2)3)21-19-18(20(23)25)14-7-5-6-8-15(14)28-19/h4-13H2,1-3H3. The van der Waals surface area contributed by atoms with Crippen LogP contribution in [-0.4, -0.2) is 54.3 Å². The summed E-state index contributed by atoms with van der Waals surface area (Å²) in [4.78, 5) is 34.4. The van der Waals surface area contributed by atoms with Gasteiger partial charge in [0.2, 0.25) is 0 Å². The van der Waals surface area contributed by atoms with Crippen molar-refractivity contribution in [2.75, 3.05) is 33.9 Å². The highest BCUT2D eigenvalue weighted by atomic mass is 32.1. The Morgan fingerprint density at radius 1 is 1.21 bits per heavy atom. The third-order valence-electron chi connectivity index (χ3n) is 4.74. The molecule has 0 amide bonds. The van der Waals surface area contributed by atoms with Crippen molar-refractivity contribution in [3.63, 3.8) is 0 Å². The second kappa shape index (κ2) is 9.62. The Bertz CT molecular complexity index is 888. The zero-order valence-corrected chi connectivity index (χ0v) is 17.8. The molecule has 0 saturated heterocycles. The largest absolute Gasteiger partial charge is 0.462 e. The van der Waals surface area contributed by atoms with E-state index in [9.17, 15) is 9.59 Å². The second-order valence-electron chi connectivity index (χ2n) is 7.38. The van der Waals surface area contributed by atoms with Gasteiger partial charge in [-0.2, -0.15) is 0 Å². The minimum absolute atomic E-state index is 0.122. The monoisotopic (exact) mass is 407 g/mol. The molecule has 154 valence electrons. The minimum atomic E-state index is -0.438. The van der Waals surface area contributed by atoms with Crippen LogP contribution < -0.4 is 5.56 Å². The number of nitrogens with zero attached hydrogens (tertiary/aromatic N) is 3. The Balaban J connectivity index is 1.87. The van der Waals surface area contributed by atoms with Crippen molar-refractivity contribution in [3.05, 3.63) is 26.6 Å². The molecule has 7 nitrogen and oxygen atoms in total. The van der Waals surface area contributed by atoms with Crippen LogP contribution in [0.15, 0.2) is 4.79 Å². The first-order valence-corrected chi connectivity index (χ1v) is 10.7. The average molecular weight is 408 g/mol. The summed E-state index contributed by atoms with van der Waals surface area (Å²) in [6.07, 6.45) is 5.10. The van der Waals surface area contributed by atoms with Crippen LogP contribution in [0, 0.1) is 0 Å². The Labute approximate surface area is 169 Å². The van der Waals surface area contributed by atoms with Crippen LogP contribution in [0.2, 0.25) is 0 Å².